The van der Waals surface area contributed by atoms with Crippen molar-refractivity contribution < 1.29 is 9.59 Å². The third-order valence-corrected chi connectivity index (χ3v) is 5.45. The summed E-state index contributed by atoms with van der Waals surface area (Å²) in [6.45, 7) is 3.34. The molecule has 0 spiro atoms. The molecule has 5 rings (SSSR count). The number of carbonyl (C=O) groups excluding carboxylic acids is 2. The maximum atomic E-state index is 13.1. The van der Waals surface area contributed by atoms with E-state index in [1.807, 2.05) is 34.9 Å². The average molecular weight is 361 g/mol. The molecule has 136 valence electrons. The fraction of sp³-hybridized carbons (Fsp3) is 0.300. The molecule has 0 bridgehead atoms. The Labute approximate surface area is 156 Å². The minimum Gasteiger partial charge on any atom is -0.312 e. The zero-order valence-corrected chi connectivity index (χ0v) is 15.0. The number of fused-ring (bicyclic) bond motifs is 2. The van der Waals surface area contributed by atoms with Crippen molar-refractivity contribution in [1.82, 2.24) is 15.4 Å². The van der Waals surface area contributed by atoms with Gasteiger partial charge in [0.1, 0.15) is 11.0 Å². The van der Waals surface area contributed by atoms with Gasteiger partial charge in [0.15, 0.2) is 0 Å². The number of aryl methyl sites for hydroxylation is 1. The van der Waals surface area contributed by atoms with Gasteiger partial charge < -0.3 is 9.80 Å². The Kier molecular flexibility index (Phi) is 3.50. The van der Waals surface area contributed by atoms with Gasteiger partial charge in [0.2, 0.25) is 5.91 Å². The van der Waals surface area contributed by atoms with Crippen LogP contribution in [0.1, 0.15) is 34.3 Å². The van der Waals surface area contributed by atoms with Crippen molar-refractivity contribution in [2.45, 2.75) is 26.2 Å². The highest BCUT2D eigenvalue weighted by molar-refractivity contribution is 6.09. The van der Waals surface area contributed by atoms with Crippen LogP contribution in [0.25, 0.3) is 11.0 Å². The minimum absolute atomic E-state index is 0.0354. The van der Waals surface area contributed by atoms with Crippen LogP contribution < -0.4 is 9.80 Å². The summed E-state index contributed by atoms with van der Waals surface area (Å²) in [6.07, 6.45) is 2.32. The summed E-state index contributed by atoms with van der Waals surface area (Å²) < 4.78 is 0. The second-order valence-corrected chi connectivity index (χ2v) is 7.15. The quantitative estimate of drug-likeness (QED) is 0.761. The molecular formula is C20H19N5O2. The first-order valence-corrected chi connectivity index (χ1v) is 9.18. The summed E-state index contributed by atoms with van der Waals surface area (Å²) in [6, 6.07) is 9.60. The van der Waals surface area contributed by atoms with Crippen LogP contribution in [-0.4, -0.2) is 40.3 Å². The predicted molar refractivity (Wildman–Crippen MR) is 102 cm³/mol. The lowest BCUT2D eigenvalue weighted by Gasteiger charge is -2.20. The fourth-order valence-electron chi connectivity index (χ4n) is 4.09. The first-order valence-electron chi connectivity index (χ1n) is 9.18. The standard InChI is InChI=1S/C20H19N5O2/c1-12-9-14(11-16-19(12)22-23-21-16)20(27)25-8-6-13-10-15(4-5-17(13)25)24-7-2-3-18(24)26/h4-5,9-11H,2-3,6-8H2,1H3,(H,21,22,23). The number of hydrogen-bond acceptors (Lipinski definition) is 4. The molecule has 1 aromatic heterocycles. The molecule has 0 unspecified atom stereocenters. The molecule has 0 atom stereocenters. The number of H-pyrrole nitrogens is 1. The van der Waals surface area contributed by atoms with E-state index in [0.29, 0.717) is 24.0 Å². The number of carbonyl (C=O) groups is 2. The van der Waals surface area contributed by atoms with E-state index in [0.717, 1.165) is 47.4 Å². The van der Waals surface area contributed by atoms with Gasteiger partial charge in [-0.05, 0) is 61.2 Å². The van der Waals surface area contributed by atoms with Gasteiger partial charge in [-0.3, -0.25) is 9.59 Å². The van der Waals surface area contributed by atoms with Crippen LogP contribution in [0.3, 0.4) is 0 Å². The molecule has 1 fully saturated rings. The lowest BCUT2D eigenvalue weighted by molar-refractivity contribution is -0.117. The van der Waals surface area contributed by atoms with Crippen LogP contribution >= 0.6 is 0 Å². The van der Waals surface area contributed by atoms with Crippen LogP contribution in [0.4, 0.5) is 11.4 Å². The van der Waals surface area contributed by atoms with Crippen LogP contribution in [0.15, 0.2) is 30.3 Å². The van der Waals surface area contributed by atoms with Gasteiger partial charge in [0, 0.05) is 36.4 Å². The number of amides is 2. The van der Waals surface area contributed by atoms with Crippen molar-refractivity contribution in [1.29, 1.82) is 0 Å². The summed E-state index contributed by atoms with van der Waals surface area (Å²) in [5.41, 5.74) is 5.99. The number of benzene rings is 2. The molecule has 2 aromatic carbocycles. The molecule has 2 aliphatic heterocycles. The molecule has 1 saturated heterocycles. The van der Waals surface area contributed by atoms with E-state index in [1.165, 1.54) is 0 Å². The molecule has 7 heteroatoms. The van der Waals surface area contributed by atoms with Crippen molar-refractivity contribution in [2.24, 2.45) is 0 Å². The Balaban J connectivity index is 1.47. The van der Waals surface area contributed by atoms with Gasteiger partial charge in [-0.25, -0.2) is 0 Å². The first-order chi connectivity index (χ1) is 13.1. The topological polar surface area (TPSA) is 82.2 Å². The van der Waals surface area contributed by atoms with Crippen LogP contribution in [-0.2, 0) is 11.2 Å². The minimum atomic E-state index is -0.0354. The van der Waals surface area contributed by atoms with Crippen LogP contribution in [0.5, 0.6) is 0 Å². The Morgan fingerprint density at radius 2 is 2.00 bits per heavy atom. The molecule has 0 saturated carbocycles. The van der Waals surface area contributed by atoms with Gasteiger partial charge in [-0.1, -0.05) is 0 Å². The Morgan fingerprint density at radius 3 is 2.81 bits per heavy atom. The second kappa shape index (κ2) is 5.90. The Bertz CT molecular complexity index is 1090. The summed E-state index contributed by atoms with van der Waals surface area (Å²) in [7, 11) is 0. The summed E-state index contributed by atoms with van der Waals surface area (Å²) in [5, 5.41) is 10.8. The zero-order valence-electron chi connectivity index (χ0n) is 15.0. The van der Waals surface area contributed by atoms with Crippen LogP contribution in [0, 0.1) is 6.92 Å². The van der Waals surface area contributed by atoms with Crippen molar-refractivity contribution >= 4 is 34.2 Å². The van der Waals surface area contributed by atoms with E-state index >= 15 is 0 Å². The molecule has 3 aromatic rings. The Hall–Kier alpha value is -3.22. The van der Waals surface area contributed by atoms with E-state index in [1.54, 1.807) is 6.07 Å². The smallest absolute Gasteiger partial charge is 0.258 e. The van der Waals surface area contributed by atoms with Crippen molar-refractivity contribution in [3.63, 3.8) is 0 Å². The number of rotatable bonds is 2. The summed E-state index contributed by atoms with van der Waals surface area (Å²) in [5.74, 6) is 0.143. The van der Waals surface area contributed by atoms with Gasteiger partial charge >= 0.3 is 0 Å². The summed E-state index contributed by atoms with van der Waals surface area (Å²) >= 11 is 0. The number of hydrogen-bond donors (Lipinski definition) is 1. The average Bonchev–Trinajstić information content (AvgIpc) is 3.39. The van der Waals surface area contributed by atoms with Gasteiger partial charge in [-0.15, -0.1) is 0 Å². The number of aromatic amines is 1. The van der Waals surface area contributed by atoms with Crippen molar-refractivity contribution in [3.8, 4) is 0 Å². The molecule has 1 N–H and O–H groups in total. The molecule has 0 aliphatic carbocycles. The molecule has 3 heterocycles. The van der Waals surface area contributed by atoms with E-state index < -0.39 is 0 Å². The maximum Gasteiger partial charge on any atom is 0.258 e. The fourth-order valence-corrected chi connectivity index (χ4v) is 4.09. The maximum absolute atomic E-state index is 13.1. The third kappa shape index (κ3) is 2.50. The highest BCUT2D eigenvalue weighted by Crippen LogP contribution is 2.34. The molecule has 0 radical (unpaired) electrons. The SMILES string of the molecule is Cc1cc(C(=O)N2CCc3cc(N4CCCC4=O)ccc32)cc2n[nH]nc12. The molecule has 2 amide bonds. The van der Waals surface area contributed by atoms with Crippen LogP contribution in [0.2, 0.25) is 0 Å². The molecule has 7 nitrogen and oxygen atoms in total. The lowest BCUT2D eigenvalue weighted by Crippen LogP contribution is -2.29. The highest BCUT2D eigenvalue weighted by Gasteiger charge is 2.28. The monoisotopic (exact) mass is 361 g/mol. The number of aromatic nitrogens is 3. The predicted octanol–water partition coefficient (Wildman–Crippen LogP) is 2.60. The van der Waals surface area contributed by atoms with E-state index in [4.69, 9.17) is 0 Å². The molecule has 2 aliphatic rings. The Morgan fingerprint density at radius 1 is 1.11 bits per heavy atom. The molecular weight excluding hydrogens is 342 g/mol. The van der Waals surface area contributed by atoms with Gasteiger partial charge in [0.05, 0.1) is 0 Å². The molecule has 27 heavy (non-hydrogen) atoms. The third-order valence-electron chi connectivity index (χ3n) is 5.45. The van der Waals surface area contributed by atoms with Gasteiger partial charge in [0.25, 0.3) is 5.91 Å². The zero-order chi connectivity index (χ0) is 18.5. The van der Waals surface area contributed by atoms with E-state index in [-0.39, 0.29) is 11.8 Å². The first kappa shape index (κ1) is 16.0. The summed E-state index contributed by atoms with van der Waals surface area (Å²) in [4.78, 5) is 28.8. The van der Waals surface area contributed by atoms with Crippen molar-refractivity contribution in [2.75, 3.05) is 22.9 Å². The largest absolute Gasteiger partial charge is 0.312 e. The van der Waals surface area contributed by atoms with Crippen molar-refractivity contribution in [3.05, 3.63) is 47.0 Å². The number of anilines is 2. The number of nitrogens with zero attached hydrogens (tertiary/aromatic N) is 4. The van der Waals surface area contributed by atoms with Gasteiger partial charge in [-0.2, -0.15) is 15.4 Å². The lowest BCUT2D eigenvalue weighted by atomic mass is 10.1. The van der Waals surface area contributed by atoms with E-state index in [9.17, 15) is 9.59 Å². The number of nitrogens with one attached hydrogen (secondary N) is 1. The second-order valence-electron chi connectivity index (χ2n) is 7.15. The van der Waals surface area contributed by atoms with E-state index in [2.05, 4.69) is 21.5 Å². The normalized spacial score (nSPS) is 16.4. The highest BCUT2D eigenvalue weighted by atomic mass is 16.2.